The molecule has 0 spiro atoms. The normalized spacial score (nSPS) is 15.2. The van der Waals surface area contributed by atoms with E-state index in [0.29, 0.717) is 23.9 Å². The van der Waals surface area contributed by atoms with Crippen molar-refractivity contribution in [1.29, 1.82) is 0 Å². The van der Waals surface area contributed by atoms with E-state index in [-0.39, 0.29) is 0 Å². The Bertz CT molecular complexity index is 1260. The van der Waals surface area contributed by atoms with Crippen LogP contribution in [0.3, 0.4) is 0 Å². The minimum Gasteiger partial charge on any atom is -0.354 e. The molecule has 2 heterocycles. The molecule has 3 aromatic rings. The van der Waals surface area contributed by atoms with E-state index in [4.69, 9.17) is 5.10 Å². The molecule has 7 nitrogen and oxygen atoms in total. The largest absolute Gasteiger partial charge is 0.354 e. The van der Waals surface area contributed by atoms with Crippen molar-refractivity contribution in [1.82, 2.24) is 19.0 Å². The van der Waals surface area contributed by atoms with E-state index in [1.54, 1.807) is 16.4 Å². The molecule has 0 saturated carbocycles. The molecule has 2 aromatic carbocycles. The molecule has 0 aliphatic carbocycles. The molecule has 1 fully saturated rings. The molecule has 0 unspecified atom stereocenters. The standard InChI is InChI=1S/C29H41N5O2S/c1-6-31-18-20-32(21-19-31)29-28(25(5)30-34(29)26-10-8-7-9-11-26)22-33(17-16-23(2)3)37(35,36)27-14-12-24(4)13-15-27/h7-15,23H,6,16-22H2,1-5H3. The fourth-order valence-corrected chi connectivity index (χ4v) is 6.23. The molecule has 1 saturated heterocycles. The minimum absolute atomic E-state index is 0.297. The van der Waals surface area contributed by atoms with E-state index in [1.165, 1.54) is 0 Å². The van der Waals surface area contributed by atoms with Crippen LogP contribution in [-0.2, 0) is 16.6 Å². The van der Waals surface area contributed by atoms with Gasteiger partial charge in [-0.15, -0.1) is 0 Å². The minimum atomic E-state index is -3.67. The van der Waals surface area contributed by atoms with E-state index in [9.17, 15) is 8.42 Å². The molecule has 0 amide bonds. The molecule has 0 radical (unpaired) electrons. The Balaban J connectivity index is 1.77. The number of nitrogens with zero attached hydrogens (tertiary/aromatic N) is 5. The fraction of sp³-hybridized carbons (Fsp3) is 0.483. The van der Waals surface area contributed by atoms with Crippen molar-refractivity contribution < 1.29 is 8.42 Å². The maximum Gasteiger partial charge on any atom is 0.243 e. The lowest BCUT2D eigenvalue weighted by molar-refractivity contribution is 0.269. The molecule has 37 heavy (non-hydrogen) atoms. The molecule has 8 heteroatoms. The van der Waals surface area contributed by atoms with Crippen molar-refractivity contribution in [2.24, 2.45) is 5.92 Å². The van der Waals surface area contributed by atoms with Gasteiger partial charge >= 0.3 is 0 Å². The summed E-state index contributed by atoms with van der Waals surface area (Å²) in [5.41, 5.74) is 3.87. The third-order valence-corrected chi connectivity index (χ3v) is 9.09. The zero-order valence-corrected chi connectivity index (χ0v) is 23.7. The van der Waals surface area contributed by atoms with E-state index in [0.717, 1.165) is 67.5 Å². The van der Waals surface area contributed by atoms with Gasteiger partial charge in [-0.25, -0.2) is 13.1 Å². The summed E-state index contributed by atoms with van der Waals surface area (Å²) in [7, 11) is -3.67. The molecule has 1 aliphatic heterocycles. The molecule has 4 rings (SSSR count). The molecule has 0 bridgehead atoms. The second-order valence-electron chi connectivity index (χ2n) is 10.4. The number of para-hydroxylation sites is 1. The monoisotopic (exact) mass is 523 g/mol. The zero-order chi connectivity index (χ0) is 26.6. The van der Waals surface area contributed by atoms with Crippen LogP contribution in [0.15, 0.2) is 59.5 Å². The number of likely N-dealkylation sites (N-methyl/N-ethyl adjacent to an activating group) is 1. The van der Waals surface area contributed by atoms with Gasteiger partial charge in [0.15, 0.2) is 0 Å². The van der Waals surface area contributed by atoms with Gasteiger partial charge in [-0.1, -0.05) is 56.7 Å². The number of piperazine rings is 1. The Kier molecular flexibility index (Phi) is 8.72. The van der Waals surface area contributed by atoms with Gasteiger partial charge in [0.25, 0.3) is 0 Å². The lowest BCUT2D eigenvalue weighted by atomic mass is 10.1. The highest BCUT2D eigenvalue weighted by atomic mass is 32.2. The van der Waals surface area contributed by atoms with Gasteiger partial charge < -0.3 is 9.80 Å². The molecule has 200 valence electrons. The lowest BCUT2D eigenvalue weighted by Crippen LogP contribution is -2.47. The van der Waals surface area contributed by atoms with Gasteiger partial charge in [-0.2, -0.15) is 9.40 Å². The number of aryl methyl sites for hydroxylation is 2. The van der Waals surface area contributed by atoms with Crippen molar-refractivity contribution in [3.63, 3.8) is 0 Å². The highest BCUT2D eigenvalue weighted by molar-refractivity contribution is 7.89. The van der Waals surface area contributed by atoms with E-state index in [2.05, 4.69) is 42.7 Å². The highest BCUT2D eigenvalue weighted by Crippen LogP contribution is 2.31. The molecular weight excluding hydrogens is 482 g/mol. The van der Waals surface area contributed by atoms with Crippen LogP contribution < -0.4 is 4.90 Å². The second kappa shape index (κ2) is 11.8. The van der Waals surface area contributed by atoms with Crippen molar-refractivity contribution >= 4 is 15.8 Å². The lowest BCUT2D eigenvalue weighted by Gasteiger charge is -2.36. The zero-order valence-electron chi connectivity index (χ0n) is 22.9. The Morgan fingerprint density at radius 2 is 1.59 bits per heavy atom. The van der Waals surface area contributed by atoms with Gasteiger partial charge in [-0.05, 0) is 57.0 Å². The summed E-state index contributed by atoms with van der Waals surface area (Å²) < 4.78 is 31.5. The van der Waals surface area contributed by atoms with Crippen molar-refractivity contribution in [2.75, 3.05) is 44.2 Å². The summed E-state index contributed by atoms with van der Waals surface area (Å²) in [6.45, 7) is 16.0. The Morgan fingerprint density at radius 3 is 2.19 bits per heavy atom. The van der Waals surface area contributed by atoms with Crippen LogP contribution in [-0.4, -0.2) is 66.7 Å². The van der Waals surface area contributed by atoms with Gasteiger partial charge in [0.2, 0.25) is 10.0 Å². The summed E-state index contributed by atoms with van der Waals surface area (Å²) in [4.78, 5) is 5.17. The highest BCUT2D eigenvalue weighted by Gasteiger charge is 2.31. The number of sulfonamides is 1. The van der Waals surface area contributed by atoms with Crippen LogP contribution in [0, 0.1) is 19.8 Å². The maximum absolute atomic E-state index is 13.9. The van der Waals surface area contributed by atoms with Gasteiger partial charge in [0.1, 0.15) is 5.82 Å². The van der Waals surface area contributed by atoms with Crippen LogP contribution in [0.1, 0.15) is 44.0 Å². The van der Waals surface area contributed by atoms with Crippen molar-refractivity contribution in [2.45, 2.75) is 52.5 Å². The number of rotatable bonds is 10. The number of hydrogen-bond donors (Lipinski definition) is 0. The number of anilines is 1. The number of aromatic nitrogens is 2. The second-order valence-corrected chi connectivity index (χ2v) is 12.3. The first kappa shape index (κ1) is 27.4. The van der Waals surface area contributed by atoms with Crippen molar-refractivity contribution in [3.8, 4) is 5.69 Å². The fourth-order valence-electron chi connectivity index (χ4n) is 4.80. The summed E-state index contributed by atoms with van der Waals surface area (Å²) in [6.07, 6.45) is 0.793. The van der Waals surface area contributed by atoms with Crippen LogP contribution in [0.5, 0.6) is 0 Å². The smallest absolute Gasteiger partial charge is 0.243 e. The number of benzene rings is 2. The predicted octanol–water partition coefficient (Wildman–Crippen LogP) is 4.87. The first-order valence-corrected chi connectivity index (χ1v) is 14.8. The van der Waals surface area contributed by atoms with E-state index < -0.39 is 10.0 Å². The summed E-state index contributed by atoms with van der Waals surface area (Å²) in [5.74, 6) is 1.40. The topological polar surface area (TPSA) is 61.7 Å². The maximum atomic E-state index is 13.9. The third kappa shape index (κ3) is 6.25. The molecule has 0 N–H and O–H groups in total. The number of hydrogen-bond acceptors (Lipinski definition) is 5. The molecular formula is C29H41N5O2S. The average Bonchev–Trinajstić information content (AvgIpc) is 3.22. The van der Waals surface area contributed by atoms with Gasteiger partial charge in [0, 0.05) is 44.8 Å². The first-order chi connectivity index (χ1) is 17.7. The van der Waals surface area contributed by atoms with Crippen LogP contribution in [0.2, 0.25) is 0 Å². The summed E-state index contributed by atoms with van der Waals surface area (Å²) >= 11 is 0. The average molecular weight is 524 g/mol. The third-order valence-electron chi connectivity index (χ3n) is 7.23. The van der Waals surface area contributed by atoms with Gasteiger partial charge in [0.05, 0.1) is 16.3 Å². The van der Waals surface area contributed by atoms with Crippen LogP contribution in [0.25, 0.3) is 5.69 Å². The van der Waals surface area contributed by atoms with Gasteiger partial charge in [-0.3, -0.25) is 0 Å². The quantitative estimate of drug-likeness (QED) is 0.380. The SMILES string of the molecule is CCN1CCN(c2c(CN(CCC(C)C)S(=O)(=O)c3ccc(C)cc3)c(C)nn2-c2ccccc2)CC1. The molecule has 1 aromatic heterocycles. The van der Waals surface area contributed by atoms with E-state index in [1.807, 2.05) is 48.9 Å². The molecule has 1 aliphatic rings. The Hall–Kier alpha value is -2.68. The van der Waals surface area contributed by atoms with Crippen LogP contribution >= 0.6 is 0 Å². The van der Waals surface area contributed by atoms with Crippen LogP contribution in [0.4, 0.5) is 5.82 Å². The van der Waals surface area contributed by atoms with Crippen molar-refractivity contribution in [3.05, 3.63) is 71.4 Å². The predicted molar refractivity (Wildman–Crippen MR) is 151 cm³/mol. The van der Waals surface area contributed by atoms with E-state index >= 15 is 0 Å². The Labute approximate surface area is 222 Å². The summed E-state index contributed by atoms with van der Waals surface area (Å²) in [5, 5.41) is 4.95. The Morgan fingerprint density at radius 1 is 0.946 bits per heavy atom. The first-order valence-electron chi connectivity index (χ1n) is 13.4. The summed E-state index contributed by atoms with van der Waals surface area (Å²) in [6, 6.07) is 17.3. The molecule has 0 atom stereocenters.